The molecule has 3 heteroatoms. The molecule has 1 heterocycles. The largest absolute Gasteiger partial charge is 0.496 e. The summed E-state index contributed by atoms with van der Waals surface area (Å²) in [6.07, 6.45) is 1.78. The molecule has 1 atom stereocenters. The lowest BCUT2D eigenvalue weighted by Gasteiger charge is -2.35. The molecule has 0 saturated carbocycles. The highest BCUT2D eigenvalue weighted by Crippen LogP contribution is 2.37. The van der Waals surface area contributed by atoms with Gasteiger partial charge in [0, 0.05) is 12.1 Å². The molecule has 0 radical (unpaired) electrons. The van der Waals surface area contributed by atoms with E-state index < -0.39 is 5.60 Å². The van der Waals surface area contributed by atoms with Crippen molar-refractivity contribution in [1.82, 2.24) is 5.32 Å². The highest BCUT2D eigenvalue weighted by molar-refractivity contribution is 5.47. The van der Waals surface area contributed by atoms with Gasteiger partial charge in [-0.25, -0.2) is 0 Å². The summed E-state index contributed by atoms with van der Waals surface area (Å²) in [5.74, 6) is 0.800. The molecule has 0 spiro atoms. The third-order valence-electron chi connectivity index (χ3n) is 3.49. The molecule has 17 heavy (non-hydrogen) atoms. The van der Waals surface area contributed by atoms with Crippen LogP contribution in [-0.4, -0.2) is 25.3 Å². The van der Waals surface area contributed by atoms with E-state index in [1.807, 2.05) is 19.9 Å². The van der Waals surface area contributed by atoms with Crippen molar-refractivity contribution in [1.29, 1.82) is 0 Å². The Labute approximate surface area is 103 Å². The summed E-state index contributed by atoms with van der Waals surface area (Å²) in [5, 5.41) is 14.0. The van der Waals surface area contributed by atoms with Crippen molar-refractivity contribution < 1.29 is 9.84 Å². The van der Waals surface area contributed by atoms with E-state index in [0.29, 0.717) is 6.54 Å². The van der Waals surface area contributed by atoms with Gasteiger partial charge in [-0.15, -0.1) is 0 Å². The normalized spacial score (nSPS) is 24.7. The van der Waals surface area contributed by atoms with Crippen LogP contribution in [0.2, 0.25) is 0 Å². The Bertz CT molecular complexity index is 409. The first-order valence-corrected chi connectivity index (χ1v) is 6.15. The molecule has 0 aromatic heterocycles. The zero-order valence-corrected chi connectivity index (χ0v) is 10.8. The lowest BCUT2D eigenvalue weighted by molar-refractivity contribution is 0.00965. The zero-order valence-electron chi connectivity index (χ0n) is 10.8. The first-order chi connectivity index (χ1) is 8.07. The van der Waals surface area contributed by atoms with Crippen molar-refractivity contribution in [3.8, 4) is 5.75 Å². The Hall–Kier alpha value is -1.06. The molecule has 1 fully saturated rings. The maximum atomic E-state index is 10.8. The van der Waals surface area contributed by atoms with Crippen LogP contribution in [0.1, 0.15) is 29.5 Å². The quantitative estimate of drug-likeness (QED) is 0.822. The van der Waals surface area contributed by atoms with Crippen LogP contribution in [-0.2, 0) is 5.60 Å². The van der Waals surface area contributed by atoms with Crippen LogP contribution >= 0.6 is 0 Å². The van der Waals surface area contributed by atoms with Gasteiger partial charge in [-0.2, -0.15) is 0 Å². The van der Waals surface area contributed by atoms with Crippen LogP contribution < -0.4 is 10.1 Å². The molecule has 94 valence electrons. The van der Waals surface area contributed by atoms with Gasteiger partial charge in [0.15, 0.2) is 0 Å². The van der Waals surface area contributed by atoms with E-state index >= 15 is 0 Å². The molecule has 1 unspecified atom stereocenters. The molecule has 0 amide bonds. The van der Waals surface area contributed by atoms with E-state index in [1.165, 1.54) is 0 Å². The number of hydrogen-bond acceptors (Lipinski definition) is 3. The minimum atomic E-state index is -0.790. The van der Waals surface area contributed by atoms with E-state index in [0.717, 1.165) is 41.8 Å². The fraction of sp³-hybridized carbons (Fsp3) is 0.571. The Morgan fingerprint density at radius 2 is 2.12 bits per heavy atom. The van der Waals surface area contributed by atoms with Crippen molar-refractivity contribution in [3.05, 3.63) is 28.8 Å². The van der Waals surface area contributed by atoms with Crippen LogP contribution in [0.4, 0.5) is 0 Å². The highest BCUT2D eigenvalue weighted by atomic mass is 16.5. The summed E-state index contributed by atoms with van der Waals surface area (Å²) >= 11 is 0. The van der Waals surface area contributed by atoms with Crippen molar-refractivity contribution in [2.45, 2.75) is 32.3 Å². The number of piperidine rings is 1. The molecule has 1 saturated heterocycles. The number of methoxy groups -OCH3 is 1. The summed E-state index contributed by atoms with van der Waals surface area (Å²) in [6.45, 7) is 5.67. The fourth-order valence-electron chi connectivity index (χ4n) is 2.79. The van der Waals surface area contributed by atoms with Gasteiger partial charge in [0.2, 0.25) is 0 Å². The van der Waals surface area contributed by atoms with E-state index in [4.69, 9.17) is 4.74 Å². The summed E-state index contributed by atoms with van der Waals surface area (Å²) in [4.78, 5) is 0. The van der Waals surface area contributed by atoms with Crippen molar-refractivity contribution in [2.24, 2.45) is 0 Å². The van der Waals surface area contributed by atoms with Gasteiger partial charge in [0.1, 0.15) is 11.4 Å². The van der Waals surface area contributed by atoms with Gasteiger partial charge in [-0.05, 0) is 50.4 Å². The van der Waals surface area contributed by atoms with Crippen LogP contribution in [0.25, 0.3) is 0 Å². The molecule has 1 aromatic carbocycles. The van der Waals surface area contributed by atoms with Crippen molar-refractivity contribution in [2.75, 3.05) is 20.2 Å². The van der Waals surface area contributed by atoms with E-state index in [1.54, 1.807) is 7.11 Å². The first kappa shape index (κ1) is 12.4. The number of ether oxygens (including phenoxy) is 1. The van der Waals surface area contributed by atoms with Gasteiger partial charge in [0.05, 0.1) is 7.11 Å². The number of rotatable bonds is 2. The number of hydrogen-bond donors (Lipinski definition) is 2. The topological polar surface area (TPSA) is 41.5 Å². The average molecular weight is 235 g/mol. The maximum absolute atomic E-state index is 10.8. The Kier molecular flexibility index (Phi) is 3.40. The van der Waals surface area contributed by atoms with Crippen LogP contribution in [0.15, 0.2) is 12.1 Å². The van der Waals surface area contributed by atoms with Gasteiger partial charge in [-0.3, -0.25) is 0 Å². The predicted octanol–water partition coefficient (Wildman–Crippen LogP) is 1.88. The molecule has 1 aliphatic rings. The standard InChI is InChI=1S/C14H21NO2/c1-10-7-11(2)13(12(8-10)17-3)14(16)5-4-6-15-9-14/h7-8,15-16H,4-6,9H2,1-3H3. The number of aliphatic hydroxyl groups is 1. The number of benzene rings is 1. The van der Waals surface area contributed by atoms with Crippen LogP contribution in [0.3, 0.4) is 0 Å². The minimum Gasteiger partial charge on any atom is -0.496 e. The minimum absolute atomic E-state index is 0.604. The Morgan fingerprint density at radius 1 is 1.35 bits per heavy atom. The summed E-state index contributed by atoms with van der Waals surface area (Å²) in [7, 11) is 1.66. The second-order valence-corrected chi connectivity index (χ2v) is 4.97. The number of nitrogens with one attached hydrogen (secondary N) is 1. The maximum Gasteiger partial charge on any atom is 0.125 e. The molecule has 2 rings (SSSR count). The first-order valence-electron chi connectivity index (χ1n) is 6.15. The monoisotopic (exact) mass is 235 g/mol. The molecular weight excluding hydrogens is 214 g/mol. The molecule has 1 aromatic rings. The highest BCUT2D eigenvalue weighted by Gasteiger charge is 2.35. The predicted molar refractivity (Wildman–Crippen MR) is 68.5 cm³/mol. The second kappa shape index (κ2) is 4.67. The summed E-state index contributed by atoms with van der Waals surface area (Å²) in [6, 6.07) is 4.10. The number of aryl methyl sites for hydroxylation is 2. The van der Waals surface area contributed by atoms with Gasteiger partial charge in [-0.1, -0.05) is 6.07 Å². The molecule has 0 aliphatic carbocycles. The lowest BCUT2D eigenvalue weighted by atomic mass is 9.83. The third kappa shape index (κ3) is 2.31. The van der Waals surface area contributed by atoms with E-state index in [-0.39, 0.29) is 0 Å². The Morgan fingerprint density at radius 3 is 2.71 bits per heavy atom. The Balaban J connectivity index is 2.49. The second-order valence-electron chi connectivity index (χ2n) is 4.97. The SMILES string of the molecule is COc1cc(C)cc(C)c1C1(O)CCCNC1. The van der Waals surface area contributed by atoms with E-state index in [2.05, 4.69) is 11.4 Å². The molecule has 0 bridgehead atoms. The smallest absolute Gasteiger partial charge is 0.125 e. The van der Waals surface area contributed by atoms with Gasteiger partial charge >= 0.3 is 0 Å². The third-order valence-corrected chi connectivity index (χ3v) is 3.49. The van der Waals surface area contributed by atoms with Crippen LogP contribution in [0.5, 0.6) is 5.75 Å². The molecular formula is C14H21NO2. The summed E-state index contributed by atoms with van der Waals surface area (Å²) in [5.41, 5.74) is 2.42. The fourth-order valence-corrected chi connectivity index (χ4v) is 2.79. The van der Waals surface area contributed by atoms with Gasteiger partial charge < -0.3 is 15.2 Å². The van der Waals surface area contributed by atoms with Crippen molar-refractivity contribution in [3.63, 3.8) is 0 Å². The number of β-amino-alcohol motifs (C(OH)–C–C–N with tert-alkyl or cyclic N) is 1. The van der Waals surface area contributed by atoms with Gasteiger partial charge in [0.25, 0.3) is 0 Å². The zero-order chi connectivity index (χ0) is 12.5. The molecule has 2 N–H and O–H groups in total. The average Bonchev–Trinajstić information content (AvgIpc) is 2.28. The van der Waals surface area contributed by atoms with Crippen molar-refractivity contribution >= 4 is 0 Å². The van der Waals surface area contributed by atoms with Crippen LogP contribution in [0, 0.1) is 13.8 Å². The summed E-state index contributed by atoms with van der Waals surface area (Å²) < 4.78 is 5.44. The molecule has 3 nitrogen and oxygen atoms in total. The molecule has 1 aliphatic heterocycles. The lowest BCUT2D eigenvalue weighted by Crippen LogP contribution is -2.43. The van der Waals surface area contributed by atoms with E-state index in [9.17, 15) is 5.11 Å².